The highest BCUT2D eigenvalue weighted by Gasteiger charge is 2.50. The predicted molar refractivity (Wildman–Crippen MR) is 117 cm³/mol. The summed E-state index contributed by atoms with van der Waals surface area (Å²) in [7, 11) is 4.74. The molecule has 0 N–H and O–H groups in total. The minimum Gasteiger partial charge on any atom is -0.493 e. The molecule has 32 heavy (non-hydrogen) atoms. The number of rotatable bonds is 4. The average molecular weight is 438 g/mol. The molecule has 0 spiro atoms. The summed E-state index contributed by atoms with van der Waals surface area (Å²) in [6.07, 6.45) is 0. The van der Waals surface area contributed by atoms with Gasteiger partial charge in [0, 0.05) is 11.8 Å². The standard InChI is InChI=1S/C25H26O7/c1-12(2)21-14-8-17-18(32-11-31-17)9-15(14)22(23-16(21)10-30-25(23)26)13-6-19(27-3)24(29-5)20(7-13)28-4/h6-9,16,22-23H,10-11H2,1-5H3/t16-,22-,23-/m1/s1. The SMILES string of the molecule is COc1cc([C@@H]2c3cc4c(cc3C(=C(C)C)[C@H]3COC(=O)[C@@H]23)OCO4)cc(OC)c1OC. The van der Waals surface area contributed by atoms with Gasteiger partial charge < -0.3 is 28.4 Å². The van der Waals surface area contributed by atoms with E-state index in [1.165, 1.54) is 0 Å². The Morgan fingerprint density at radius 1 is 0.906 bits per heavy atom. The third kappa shape index (κ3) is 2.91. The van der Waals surface area contributed by atoms with Crippen molar-refractivity contribution in [2.24, 2.45) is 11.8 Å². The second-order valence-electron chi connectivity index (χ2n) is 8.41. The third-order valence-corrected chi connectivity index (χ3v) is 6.60. The van der Waals surface area contributed by atoms with Crippen LogP contribution >= 0.6 is 0 Å². The number of benzene rings is 2. The fourth-order valence-corrected chi connectivity index (χ4v) is 5.32. The zero-order chi connectivity index (χ0) is 22.6. The van der Waals surface area contributed by atoms with Crippen molar-refractivity contribution < 1.29 is 33.2 Å². The minimum atomic E-state index is -0.365. The highest BCUT2D eigenvalue weighted by Crippen LogP contribution is 2.56. The van der Waals surface area contributed by atoms with E-state index < -0.39 is 0 Å². The van der Waals surface area contributed by atoms with E-state index in [1.54, 1.807) is 21.3 Å². The largest absolute Gasteiger partial charge is 0.493 e. The van der Waals surface area contributed by atoms with E-state index in [0.717, 1.165) is 33.6 Å². The molecule has 2 aliphatic heterocycles. The van der Waals surface area contributed by atoms with Crippen LogP contribution in [0.2, 0.25) is 0 Å². The molecule has 1 aliphatic carbocycles. The molecule has 0 aromatic heterocycles. The van der Waals surface area contributed by atoms with Crippen molar-refractivity contribution in [1.29, 1.82) is 0 Å². The molecule has 2 aromatic rings. The maximum Gasteiger partial charge on any atom is 0.310 e. The van der Waals surface area contributed by atoms with Gasteiger partial charge in [0.2, 0.25) is 12.5 Å². The highest BCUT2D eigenvalue weighted by molar-refractivity contribution is 5.88. The number of cyclic esters (lactones) is 1. The van der Waals surface area contributed by atoms with Crippen LogP contribution < -0.4 is 23.7 Å². The van der Waals surface area contributed by atoms with Gasteiger partial charge in [-0.2, -0.15) is 0 Å². The lowest BCUT2D eigenvalue weighted by Crippen LogP contribution is -2.31. The van der Waals surface area contributed by atoms with Crippen LogP contribution in [-0.2, 0) is 9.53 Å². The molecule has 0 radical (unpaired) electrons. The van der Waals surface area contributed by atoms with Crippen LogP contribution in [0.5, 0.6) is 28.7 Å². The molecular formula is C25H26O7. The van der Waals surface area contributed by atoms with Crippen molar-refractivity contribution in [1.82, 2.24) is 0 Å². The summed E-state index contributed by atoms with van der Waals surface area (Å²) in [5, 5.41) is 0. The Morgan fingerprint density at radius 2 is 1.56 bits per heavy atom. The van der Waals surface area contributed by atoms with Crippen molar-refractivity contribution in [2.45, 2.75) is 19.8 Å². The van der Waals surface area contributed by atoms with Crippen molar-refractivity contribution >= 4 is 11.5 Å². The Hall–Kier alpha value is -3.35. The molecule has 1 fully saturated rings. The summed E-state index contributed by atoms with van der Waals surface area (Å²) in [6.45, 7) is 4.69. The summed E-state index contributed by atoms with van der Waals surface area (Å²) in [6, 6.07) is 7.85. The normalized spacial score (nSPS) is 22.7. The Bertz CT molecular complexity index is 1100. The third-order valence-electron chi connectivity index (χ3n) is 6.60. The lowest BCUT2D eigenvalue weighted by molar-refractivity contribution is -0.141. The first-order chi connectivity index (χ1) is 15.5. The highest BCUT2D eigenvalue weighted by atomic mass is 16.7. The second kappa shape index (κ2) is 7.65. The molecule has 0 unspecified atom stereocenters. The van der Waals surface area contributed by atoms with E-state index in [9.17, 15) is 4.79 Å². The lowest BCUT2D eigenvalue weighted by atomic mass is 9.64. The molecule has 0 saturated carbocycles. The predicted octanol–water partition coefficient (Wildman–Crippen LogP) is 4.17. The minimum absolute atomic E-state index is 0.0514. The maximum atomic E-state index is 13.0. The molecular weight excluding hydrogens is 412 g/mol. The fraction of sp³-hybridized carbons (Fsp3) is 0.400. The second-order valence-corrected chi connectivity index (χ2v) is 8.41. The van der Waals surface area contributed by atoms with E-state index in [0.29, 0.717) is 29.6 Å². The molecule has 5 rings (SSSR count). The lowest BCUT2D eigenvalue weighted by Gasteiger charge is -2.36. The number of hydrogen-bond donors (Lipinski definition) is 0. The Balaban J connectivity index is 1.79. The zero-order valence-corrected chi connectivity index (χ0v) is 18.8. The molecule has 2 aromatic carbocycles. The number of esters is 1. The molecule has 0 bridgehead atoms. The van der Waals surface area contributed by atoms with E-state index in [-0.39, 0.29) is 30.5 Å². The number of hydrogen-bond acceptors (Lipinski definition) is 7. The van der Waals surface area contributed by atoms with E-state index in [1.807, 2.05) is 24.3 Å². The molecule has 2 heterocycles. The monoisotopic (exact) mass is 438 g/mol. The van der Waals surface area contributed by atoms with Crippen molar-refractivity contribution in [2.75, 3.05) is 34.7 Å². The van der Waals surface area contributed by atoms with Gasteiger partial charge >= 0.3 is 5.97 Å². The zero-order valence-electron chi connectivity index (χ0n) is 18.8. The van der Waals surface area contributed by atoms with Crippen LogP contribution in [0.1, 0.15) is 36.5 Å². The van der Waals surface area contributed by atoms with E-state index in [4.69, 9.17) is 28.4 Å². The maximum absolute atomic E-state index is 13.0. The van der Waals surface area contributed by atoms with Crippen molar-refractivity contribution in [3.8, 4) is 28.7 Å². The quantitative estimate of drug-likeness (QED) is 0.664. The molecule has 0 amide bonds. The summed E-state index contributed by atoms with van der Waals surface area (Å²) in [4.78, 5) is 13.0. The number of carbonyl (C=O) groups excluding carboxylic acids is 1. The van der Waals surface area contributed by atoms with E-state index >= 15 is 0 Å². The van der Waals surface area contributed by atoms with Gasteiger partial charge in [-0.3, -0.25) is 4.79 Å². The first-order valence-electron chi connectivity index (χ1n) is 10.6. The summed E-state index contributed by atoms with van der Waals surface area (Å²) < 4.78 is 33.6. The van der Waals surface area contributed by atoms with Crippen LogP contribution in [0, 0.1) is 11.8 Å². The molecule has 1 saturated heterocycles. The smallest absolute Gasteiger partial charge is 0.310 e. The van der Waals surface area contributed by atoms with Crippen LogP contribution in [0.15, 0.2) is 29.8 Å². The topological polar surface area (TPSA) is 72.5 Å². The van der Waals surface area contributed by atoms with Crippen LogP contribution in [-0.4, -0.2) is 40.7 Å². The summed E-state index contributed by atoms with van der Waals surface area (Å²) in [5.41, 5.74) is 5.24. The summed E-state index contributed by atoms with van der Waals surface area (Å²) >= 11 is 0. The molecule has 7 heteroatoms. The van der Waals surface area contributed by atoms with Gasteiger partial charge in [0.1, 0.15) is 0 Å². The van der Waals surface area contributed by atoms with Gasteiger partial charge in [0.05, 0.1) is 33.9 Å². The van der Waals surface area contributed by atoms with Gasteiger partial charge in [0.15, 0.2) is 23.0 Å². The molecule has 168 valence electrons. The number of ether oxygens (including phenoxy) is 6. The number of fused-ring (bicyclic) bond motifs is 3. The average Bonchev–Trinajstić information content (AvgIpc) is 3.40. The van der Waals surface area contributed by atoms with Gasteiger partial charge in [-0.1, -0.05) is 5.57 Å². The van der Waals surface area contributed by atoms with Gasteiger partial charge in [0.25, 0.3) is 0 Å². The van der Waals surface area contributed by atoms with Crippen molar-refractivity contribution in [3.05, 3.63) is 46.5 Å². The first-order valence-corrected chi connectivity index (χ1v) is 10.6. The van der Waals surface area contributed by atoms with Gasteiger partial charge in [-0.05, 0) is 60.4 Å². The van der Waals surface area contributed by atoms with Gasteiger partial charge in [-0.25, -0.2) is 0 Å². The fourth-order valence-electron chi connectivity index (χ4n) is 5.32. The number of methoxy groups -OCH3 is 3. The van der Waals surface area contributed by atoms with Crippen LogP contribution in [0.4, 0.5) is 0 Å². The molecule has 3 aliphatic rings. The summed E-state index contributed by atoms with van der Waals surface area (Å²) in [5.74, 6) is 2.11. The molecule has 3 atom stereocenters. The first kappa shape index (κ1) is 20.5. The van der Waals surface area contributed by atoms with Gasteiger partial charge in [-0.15, -0.1) is 0 Å². The Morgan fingerprint density at radius 3 is 2.16 bits per heavy atom. The Labute approximate surface area is 186 Å². The Kier molecular flexibility index (Phi) is 4.92. The number of allylic oxidation sites excluding steroid dienone is 1. The van der Waals surface area contributed by atoms with Crippen LogP contribution in [0.3, 0.4) is 0 Å². The van der Waals surface area contributed by atoms with Crippen LogP contribution in [0.25, 0.3) is 5.57 Å². The number of carbonyl (C=O) groups is 1. The van der Waals surface area contributed by atoms with E-state index in [2.05, 4.69) is 13.8 Å². The molecule has 7 nitrogen and oxygen atoms in total. The van der Waals surface area contributed by atoms with Crippen molar-refractivity contribution in [3.63, 3.8) is 0 Å².